The summed E-state index contributed by atoms with van der Waals surface area (Å²) in [6.45, 7) is 0. The minimum Gasteiger partial charge on any atom is -0.0616 e. The number of halogens is 1. The molecule has 1 heteroatoms. The first-order chi connectivity index (χ1) is 12.3. The van der Waals surface area contributed by atoms with Crippen molar-refractivity contribution in [1.29, 1.82) is 0 Å². The Balaban J connectivity index is 1.97. The van der Waals surface area contributed by atoms with Crippen LogP contribution in [-0.4, -0.2) is 0 Å². The van der Waals surface area contributed by atoms with Gasteiger partial charge in [-0.2, -0.15) is 0 Å². The normalized spacial score (nSPS) is 11.4. The lowest BCUT2D eigenvalue weighted by Gasteiger charge is -2.13. The molecule has 0 nitrogen and oxygen atoms in total. The molecule has 0 aliphatic carbocycles. The molecule has 0 atom stereocenters. The highest BCUT2D eigenvalue weighted by Gasteiger charge is 2.10. The quantitative estimate of drug-likeness (QED) is 0.262. The highest BCUT2D eigenvalue weighted by Crippen LogP contribution is 2.38. The molecule has 5 rings (SSSR count). The minimum atomic E-state index is 1.10. The fraction of sp³-hybridized carbons (Fsp3) is 0. The van der Waals surface area contributed by atoms with Crippen molar-refractivity contribution in [2.75, 3.05) is 0 Å². The van der Waals surface area contributed by atoms with Gasteiger partial charge in [0.15, 0.2) is 0 Å². The molecule has 0 saturated carbocycles. The predicted octanol–water partition coefficient (Wildman–Crippen LogP) is 7.58. The first-order valence-corrected chi connectivity index (χ1v) is 9.20. The molecule has 0 amide bonds. The molecular weight excluding hydrogens is 368 g/mol. The van der Waals surface area contributed by atoms with Gasteiger partial charge in [0, 0.05) is 4.47 Å². The lowest BCUT2D eigenvalue weighted by Crippen LogP contribution is -1.86. The maximum Gasteiger partial charge on any atom is 0.0175 e. The Morgan fingerprint density at radius 1 is 0.520 bits per heavy atom. The van der Waals surface area contributed by atoms with Crippen LogP contribution >= 0.6 is 15.9 Å². The molecule has 0 fully saturated rings. The molecule has 0 spiro atoms. The van der Waals surface area contributed by atoms with E-state index in [1.807, 2.05) is 0 Å². The van der Waals surface area contributed by atoms with Crippen molar-refractivity contribution >= 4 is 48.2 Å². The minimum absolute atomic E-state index is 1.10. The van der Waals surface area contributed by atoms with E-state index in [1.54, 1.807) is 0 Å². The van der Waals surface area contributed by atoms with Crippen LogP contribution in [0.25, 0.3) is 43.4 Å². The molecule has 0 heterocycles. The molecular formula is C24H15Br. The van der Waals surface area contributed by atoms with E-state index in [1.165, 1.54) is 43.4 Å². The van der Waals surface area contributed by atoms with E-state index >= 15 is 0 Å². The Bertz CT molecular complexity index is 1230. The van der Waals surface area contributed by atoms with Gasteiger partial charge in [0.1, 0.15) is 0 Å². The zero-order chi connectivity index (χ0) is 16.8. The zero-order valence-electron chi connectivity index (χ0n) is 13.5. The fourth-order valence-corrected chi connectivity index (χ4v) is 4.01. The predicted molar refractivity (Wildman–Crippen MR) is 112 cm³/mol. The van der Waals surface area contributed by atoms with E-state index in [0.29, 0.717) is 0 Å². The second-order valence-electron chi connectivity index (χ2n) is 6.36. The van der Waals surface area contributed by atoms with Crippen molar-refractivity contribution in [3.05, 3.63) is 95.5 Å². The van der Waals surface area contributed by atoms with Gasteiger partial charge in [-0.05, 0) is 61.6 Å². The molecule has 0 radical (unpaired) electrons. The Kier molecular flexibility index (Phi) is 3.36. The summed E-state index contributed by atoms with van der Waals surface area (Å²) in [5.74, 6) is 0. The Morgan fingerprint density at radius 3 is 1.96 bits per heavy atom. The van der Waals surface area contributed by atoms with Crippen LogP contribution in [0.15, 0.2) is 95.5 Å². The maximum absolute atomic E-state index is 3.53. The van der Waals surface area contributed by atoms with Crippen LogP contribution in [0.4, 0.5) is 0 Å². The van der Waals surface area contributed by atoms with Gasteiger partial charge in [-0.25, -0.2) is 0 Å². The molecule has 0 unspecified atom stereocenters. The number of benzene rings is 5. The van der Waals surface area contributed by atoms with Crippen LogP contribution in [0.5, 0.6) is 0 Å². The molecule has 118 valence electrons. The van der Waals surface area contributed by atoms with Gasteiger partial charge in [-0.1, -0.05) is 88.7 Å². The zero-order valence-corrected chi connectivity index (χ0v) is 15.1. The van der Waals surface area contributed by atoms with Crippen molar-refractivity contribution in [3.63, 3.8) is 0 Å². The van der Waals surface area contributed by atoms with E-state index in [9.17, 15) is 0 Å². The fourth-order valence-electron chi connectivity index (χ4n) is 3.75. The van der Waals surface area contributed by atoms with Gasteiger partial charge in [-0.15, -0.1) is 0 Å². The summed E-state index contributed by atoms with van der Waals surface area (Å²) in [5.41, 5.74) is 2.53. The molecule has 0 aliphatic heterocycles. The summed E-state index contributed by atoms with van der Waals surface area (Å²) < 4.78 is 1.10. The Hall–Kier alpha value is -2.64. The van der Waals surface area contributed by atoms with E-state index < -0.39 is 0 Å². The molecule has 5 aromatic carbocycles. The summed E-state index contributed by atoms with van der Waals surface area (Å²) in [4.78, 5) is 0. The SMILES string of the molecule is Brc1ccc(-c2cc3ccc4ccccc4c3c3ccccc23)cc1. The van der Waals surface area contributed by atoms with Crippen LogP contribution in [0, 0.1) is 0 Å². The molecule has 0 aromatic heterocycles. The van der Waals surface area contributed by atoms with Gasteiger partial charge >= 0.3 is 0 Å². The van der Waals surface area contributed by atoms with Gasteiger partial charge in [0.25, 0.3) is 0 Å². The first-order valence-electron chi connectivity index (χ1n) is 8.40. The van der Waals surface area contributed by atoms with Gasteiger partial charge in [-0.3, -0.25) is 0 Å². The lowest BCUT2D eigenvalue weighted by molar-refractivity contribution is 1.63. The second-order valence-corrected chi connectivity index (χ2v) is 7.28. The Labute approximate surface area is 154 Å². The van der Waals surface area contributed by atoms with Crippen LogP contribution < -0.4 is 0 Å². The molecule has 0 bridgehead atoms. The van der Waals surface area contributed by atoms with Crippen molar-refractivity contribution in [2.24, 2.45) is 0 Å². The van der Waals surface area contributed by atoms with Gasteiger partial charge in [0.2, 0.25) is 0 Å². The van der Waals surface area contributed by atoms with Crippen molar-refractivity contribution in [1.82, 2.24) is 0 Å². The highest BCUT2D eigenvalue weighted by molar-refractivity contribution is 9.10. The van der Waals surface area contributed by atoms with E-state index in [4.69, 9.17) is 0 Å². The average Bonchev–Trinajstić information content (AvgIpc) is 2.67. The second kappa shape index (κ2) is 5.72. The molecule has 0 N–H and O–H groups in total. The van der Waals surface area contributed by atoms with Gasteiger partial charge in [0.05, 0.1) is 0 Å². The van der Waals surface area contributed by atoms with Crippen LogP contribution in [0.3, 0.4) is 0 Å². The first kappa shape index (κ1) is 14.7. The van der Waals surface area contributed by atoms with E-state index in [0.717, 1.165) is 4.47 Å². The third-order valence-electron chi connectivity index (χ3n) is 4.90. The molecule has 0 aliphatic rings. The van der Waals surface area contributed by atoms with Crippen LogP contribution in [0.1, 0.15) is 0 Å². The van der Waals surface area contributed by atoms with E-state index in [-0.39, 0.29) is 0 Å². The number of rotatable bonds is 1. The number of hydrogen-bond acceptors (Lipinski definition) is 0. The summed E-state index contributed by atoms with van der Waals surface area (Å²) in [7, 11) is 0. The molecule has 25 heavy (non-hydrogen) atoms. The number of fused-ring (bicyclic) bond motifs is 5. The smallest absolute Gasteiger partial charge is 0.0175 e. The van der Waals surface area contributed by atoms with Crippen LogP contribution in [-0.2, 0) is 0 Å². The molecule has 0 saturated heterocycles. The van der Waals surface area contributed by atoms with Crippen molar-refractivity contribution in [3.8, 4) is 11.1 Å². The topological polar surface area (TPSA) is 0 Å². The maximum atomic E-state index is 3.53. The van der Waals surface area contributed by atoms with E-state index in [2.05, 4.69) is 107 Å². The summed E-state index contributed by atoms with van der Waals surface area (Å²) in [6, 6.07) is 32.7. The van der Waals surface area contributed by atoms with Gasteiger partial charge < -0.3 is 0 Å². The summed E-state index contributed by atoms with van der Waals surface area (Å²) >= 11 is 3.53. The summed E-state index contributed by atoms with van der Waals surface area (Å²) in [5, 5.41) is 7.85. The largest absolute Gasteiger partial charge is 0.0616 e. The molecule has 5 aromatic rings. The van der Waals surface area contributed by atoms with Crippen molar-refractivity contribution < 1.29 is 0 Å². The third-order valence-corrected chi connectivity index (χ3v) is 5.43. The van der Waals surface area contributed by atoms with Crippen LogP contribution in [0.2, 0.25) is 0 Å². The monoisotopic (exact) mass is 382 g/mol. The number of hydrogen-bond donors (Lipinski definition) is 0. The highest BCUT2D eigenvalue weighted by atomic mass is 79.9. The Morgan fingerprint density at radius 2 is 1.16 bits per heavy atom. The standard InChI is InChI=1S/C24H15Br/c25-19-13-11-17(12-14-19)23-15-18-10-9-16-5-1-2-6-20(16)24(18)22-8-4-3-7-21(22)23/h1-15H. The third kappa shape index (κ3) is 2.35. The average molecular weight is 383 g/mol. The van der Waals surface area contributed by atoms with Crippen molar-refractivity contribution in [2.45, 2.75) is 0 Å². The summed E-state index contributed by atoms with van der Waals surface area (Å²) in [6.07, 6.45) is 0. The lowest BCUT2D eigenvalue weighted by atomic mass is 9.91.